The van der Waals surface area contributed by atoms with Crippen molar-refractivity contribution >= 4 is 23.8 Å². The Bertz CT molecular complexity index is 660. The highest BCUT2D eigenvalue weighted by molar-refractivity contribution is 5.93. The number of aromatic carboxylic acids is 1. The molecule has 0 radical (unpaired) electrons. The predicted molar refractivity (Wildman–Crippen MR) is 91.8 cm³/mol. The van der Waals surface area contributed by atoms with Crippen LogP contribution in [0.15, 0.2) is 24.3 Å². The number of piperazine rings is 1. The first kappa shape index (κ1) is 18.6. The highest BCUT2D eigenvalue weighted by atomic mass is 16.6. The zero-order valence-corrected chi connectivity index (χ0v) is 14.6. The number of carboxylic acids is 1. The molecule has 8 nitrogen and oxygen atoms in total. The molecule has 0 saturated carbocycles. The maximum atomic E-state index is 12.3. The van der Waals surface area contributed by atoms with Crippen LogP contribution in [0.3, 0.4) is 0 Å². The van der Waals surface area contributed by atoms with Crippen LogP contribution in [0.2, 0.25) is 0 Å². The van der Waals surface area contributed by atoms with Gasteiger partial charge in [0.05, 0.1) is 5.56 Å². The Kier molecular flexibility index (Phi) is 5.51. The molecule has 0 unspecified atom stereocenters. The predicted octanol–water partition coefficient (Wildman–Crippen LogP) is 2.47. The van der Waals surface area contributed by atoms with Gasteiger partial charge < -0.3 is 25.0 Å². The van der Waals surface area contributed by atoms with Crippen molar-refractivity contribution in [3.63, 3.8) is 0 Å². The molecule has 0 spiro atoms. The van der Waals surface area contributed by atoms with Crippen molar-refractivity contribution in [2.45, 2.75) is 26.4 Å². The van der Waals surface area contributed by atoms with E-state index in [2.05, 4.69) is 5.32 Å². The molecule has 0 atom stereocenters. The SMILES string of the molecule is CC(C)(C)OC(=O)N1CCN(C(=O)Nc2cccc(C(=O)O)c2)CC1. The van der Waals surface area contributed by atoms with Crippen molar-refractivity contribution in [1.29, 1.82) is 0 Å². The van der Waals surface area contributed by atoms with Crippen LogP contribution < -0.4 is 5.32 Å². The van der Waals surface area contributed by atoms with Gasteiger partial charge in [0.25, 0.3) is 0 Å². The van der Waals surface area contributed by atoms with Gasteiger partial charge in [-0.2, -0.15) is 0 Å². The number of hydrogen-bond acceptors (Lipinski definition) is 4. The Morgan fingerprint density at radius 2 is 1.68 bits per heavy atom. The van der Waals surface area contributed by atoms with Crippen molar-refractivity contribution in [3.8, 4) is 0 Å². The van der Waals surface area contributed by atoms with Gasteiger partial charge in [-0.1, -0.05) is 6.07 Å². The second kappa shape index (κ2) is 7.42. The molecule has 25 heavy (non-hydrogen) atoms. The van der Waals surface area contributed by atoms with Crippen molar-refractivity contribution in [1.82, 2.24) is 9.80 Å². The molecule has 1 aromatic carbocycles. The molecule has 0 aliphatic carbocycles. The van der Waals surface area contributed by atoms with E-state index < -0.39 is 11.6 Å². The molecule has 0 aromatic heterocycles. The summed E-state index contributed by atoms with van der Waals surface area (Å²) in [5.41, 5.74) is -0.0344. The monoisotopic (exact) mass is 349 g/mol. The van der Waals surface area contributed by atoms with Gasteiger partial charge in [-0.25, -0.2) is 14.4 Å². The van der Waals surface area contributed by atoms with Crippen LogP contribution in [0, 0.1) is 0 Å². The molecule has 2 rings (SSSR count). The van der Waals surface area contributed by atoms with Crippen LogP contribution in [0.1, 0.15) is 31.1 Å². The van der Waals surface area contributed by atoms with Gasteiger partial charge in [0.2, 0.25) is 0 Å². The van der Waals surface area contributed by atoms with Gasteiger partial charge in [0.1, 0.15) is 5.60 Å². The normalized spacial score (nSPS) is 14.8. The lowest BCUT2D eigenvalue weighted by atomic mass is 10.2. The summed E-state index contributed by atoms with van der Waals surface area (Å²) in [6.45, 7) is 6.95. The summed E-state index contributed by atoms with van der Waals surface area (Å²) in [5.74, 6) is -1.05. The fourth-order valence-electron chi connectivity index (χ4n) is 2.35. The van der Waals surface area contributed by atoms with E-state index in [9.17, 15) is 14.4 Å². The summed E-state index contributed by atoms with van der Waals surface area (Å²) in [6.07, 6.45) is -0.387. The molecule has 3 amide bonds. The summed E-state index contributed by atoms with van der Waals surface area (Å²) in [6, 6.07) is 5.72. The lowest BCUT2D eigenvalue weighted by Gasteiger charge is -2.35. The lowest BCUT2D eigenvalue weighted by molar-refractivity contribution is 0.0174. The first-order valence-electron chi connectivity index (χ1n) is 8.03. The summed E-state index contributed by atoms with van der Waals surface area (Å²) >= 11 is 0. The van der Waals surface area contributed by atoms with E-state index in [1.165, 1.54) is 12.1 Å². The molecular formula is C17H23N3O5. The number of nitrogens with one attached hydrogen (secondary N) is 1. The van der Waals surface area contributed by atoms with Crippen molar-refractivity contribution in [3.05, 3.63) is 29.8 Å². The second-order valence-corrected chi connectivity index (χ2v) is 6.77. The standard InChI is InChI=1S/C17H23N3O5/c1-17(2,3)25-16(24)20-9-7-19(8-10-20)15(23)18-13-6-4-5-12(11-13)14(21)22/h4-6,11H,7-10H2,1-3H3,(H,18,23)(H,21,22). The number of anilines is 1. The molecule has 136 valence electrons. The van der Waals surface area contributed by atoms with E-state index in [1.54, 1.807) is 42.7 Å². The zero-order chi connectivity index (χ0) is 18.6. The van der Waals surface area contributed by atoms with E-state index in [-0.39, 0.29) is 17.7 Å². The maximum absolute atomic E-state index is 12.3. The molecule has 1 aromatic rings. The largest absolute Gasteiger partial charge is 0.478 e. The zero-order valence-electron chi connectivity index (χ0n) is 14.6. The Balaban J connectivity index is 1.88. The number of ether oxygens (including phenoxy) is 1. The number of hydrogen-bond donors (Lipinski definition) is 2. The van der Waals surface area contributed by atoms with Crippen LogP contribution in [0.25, 0.3) is 0 Å². The molecule has 1 heterocycles. The molecule has 1 aliphatic rings. The van der Waals surface area contributed by atoms with Crippen LogP contribution in [-0.2, 0) is 4.74 Å². The Labute approximate surface area is 146 Å². The number of urea groups is 1. The van der Waals surface area contributed by atoms with E-state index >= 15 is 0 Å². The minimum Gasteiger partial charge on any atom is -0.478 e. The van der Waals surface area contributed by atoms with Gasteiger partial charge in [0, 0.05) is 31.9 Å². The number of rotatable bonds is 2. The Hall–Kier alpha value is -2.77. The second-order valence-electron chi connectivity index (χ2n) is 6.77. The van der Waals surface area contributed by atoms with Gasteiger partial charge in [-0.05, 0) is 39.0 Å². The molecule has 8 heteroatoms. The topological polar surface area (TPSA) is 99.2 Å². The average Bonchev–Trinajstić information content (AvgIpc) is 2.53. The van der Waals surface area contributed by atoms with Gasteiger partial charge in [0.15, 0.2) is 0 Å². The van der Waals surface area contributed by atoms with Crippen molar-refractivity contribution < 1.29 is 24.2 Å². The average molecular weight is 349 g/mol. The third-order valence-electron chi connectivity index (χ3n) is 3.58. The van der Waals surface area contributed by atoms with Gasteiger partial charge in [-0.3, -0.25) is 0 Å². The Morgan fingerprint density at radius 1 is 1.08 bits per heavy atom. The fourth-order valence-corrected chi connectivity index (χ4v) is 2.35. The van der Waals surface area contributed by atoms with Crippen LogP contribution in [0.4, 0.5) is 15.3 Å². The van der Waals surface area contributed by atoms with Gasteiger partial charge >= 0.3 is 18.1 Å². The third kappa shape index (κ3) is 5.37. The fraction of sp³-hybridized carbons (Fsp3) is 0.471. The minimum absolute atomic E-state index is 0.104. The highest BCUT2D eigenvalue weighted by Gasteiger charge is 2.27. The number of benzene rings is 1. The third-order valence-corrected chi connectivity index (χ3v) is 3.58. The van der Waals surface area contributed by atoms with Crippen molar-refractivity contribution in [2.75, 3.05) is 31.5 Å². The molecule has 1 saturated heterocycles. The van der Waals surface area contributed by atoms with E-state index in [1.807, 2.05) is 0 Å². The summed E-state index contributed by atoms with van der Waals surface area (Å²) < 4.78 is 5.32. The number of amides is 3. The number of carbonyl (C=O) groups is 3. The van der Waals surface area contributed by atoms with E-state index in [0.717, 1.165) is 0 Å². The van der Waals surface area contributed by atoms with Crippen LogP contribution in [0.5, 0.6) is 0 Å². The highest BCUT2D eigenvalue weighted by Crippen LogP contribution is 2.14. The molecule has 2 N–H and O–H groups in total. The lowest BCUT2D eigenvalue weighted by Crippen LogP contribution is -2.52. The van der Waals surface area contributed by atoms with Crippen LogP contribution in [-0.4, -0.2) is 64.8 Å². The molecule has 1 aliphatic heterocycles. The van der Waals surface area contributed by atoms with E-state index in [0.29, 0.717) is 31.9 Å². The minimum atomic E-state index is -1.05. The molecule has 0 bridgehead atoms. The summed E-state index contributed by atoms with van der Waals surface area (Å²) in [4.78, 5) is 38.4. The Morgan fingerprint density at radius 3 is 2.24 bits per heavy atom. The molecular weight excluding hydrogens is 326 g/mol. The van der Waals surface area contributed by atoms with Gasteiger partial charge in [-0.15, -0.1) is 0 Å². The first-order chi connectivity index (χ1) is 11.7. The maximum Gasteiger partial charge on any atom is 0.410 e. The number of nitrogens with zero attached hydrogens (tertiary/aromatic N) is 2. The van der Waals surface area contributed by atoms with Crippen molar-refractivity contribution in [2.24, 2.45) is 0 Å². The van der Waals surface area contributed by atoms with Crippen LogP contribution >= 0.6 is 0 Å². The smallest absolute Gasteiger partial charge is 0.410 e. The molecule has 1 fully saturated rings. The van der Waals surface area contributed by atoms with E-state index in [4.69, 9.17) is 9.84 Å². The number of carbonyl (C=O) groups excluding carboxylic acids is 2. The number of carboxylic acid groups (broad SMARTS) is 1. The summed E-state index contributed by atoms with van der Waals surface area (Å²) in [7, 11) is 0. The first-order valence-corrected chi connectivity index (χ1v) is 8.03. The quantitative estimate of drug-likeness (QED) is 0.854. The summed E-state index contributed by atoms with van der Waals surface area (Å²) in [5, 5.41) is 11.7.